The minimum Gasteiger partial charge on any atom is -0.370 e. The average molecular weight is 332 g/mol. The number of hydrogen-bond donors (Lipinski definition) is 2. The standard InChI is InChI=1S/C21H37N3/c1-3-5-6-7-8-9-11-17-15(10-4-2)14-16-12-13-18-19(16)20(17)24-21(22)23-18/h6-7,15-20H,3-5,8-14H2,1-2H3,(H3,22,23,24)/b7-6-/t15-,16+,17+,18+,19?,20?/m1/s1. The van der Waals surface area contributed by atoms with E-state index < -0.39 is 0 Å². The average Bonchev–Trinajstić information content (AvgIpc) is 2.96. The normalized spacial score (nSPS) is 38.0. The Bertz CT molecular complexity index is 456. The fourth-order valence-corrected chi connectivity index (χ4v) is 5.77. The van der Waals surface area contributed by atoms with E-state index in [9.17, 15) is 0 Å². The molecule has 0 radical (unpaired) electrons. The summed E-state index contributed by atoms with van der Waals surface area (Å²) in [5, 5.41) is 3.63. The topological polar surface area (TPSA) is 50.4 Å². The van der Waals surface area contributed by atoms with E-state index in [0.717, 1.165) is 23.7 Å². The van der Waals surface area contributed by atoms with Gasteiger partial charge in [-0.05, 0) is 62.7 Å². The molecule has 136 valence electrons. The first-order chi connectivity index (χ1) is 11.7. The molecule has 3 nitrogen and oxygen atoms in total. The summed E-state index contributed by atoms with van der Waals surface area (Å²) < 4.78 is 0. The van der Waals surface area contributed by atoms with E-state index in [2.05, 4.69) is 31.3 Å². The Morgan fingerprint density at radius 2 is 1.96 bits per heavy atom. The van der Waals surface area contributed by atoms with Crippen LogP contribution in [0.15, 0.2) is 17.1 Å². The largest absolute Gasteiger partial charge is 0.370 e. The Morgan fingerprint density at radius 3 is 2.75 bits per heavy atom. The van der Waals surface area contributed by atoms with E-state index in [0.29, 0.717) is 18.0 Å². The van der Waals surface area contributed by atoms with Gasteiger partial charge in [-0.3, -0.25) is 0 Å². The van der Waals surface area contributed by atoms with Crippen LogP contribution in [0, 0.1) is 23.7 Å². The third-order valence-electron chi connectivity index (χ3n) is 6.72. The first-order valence-electron chi connectivity index (χ1n) is 10.5. The Morgan fingerprint density at radius 1 is 1.12 bits per heavy atom. The molecule has 0 aromatic rings. The second-order valence-electron chi connectivity index (χ2n) is 8.31. The Labute approximate surface area is 148 Å². The van der Waals surface area contributed by atoms with Crippen LogP contribution in [0.1, 0.15) is 78.1 Å². The molecule has 1 heterocycles. The molecule has 3 rings (SSSR count). The van der Waals surface area contributed by atoms with E-state index in [1.54, 1.807) is 0 Å². The van der Waals surface area contributed by atoms with Gasteiger partial charge in [0.05, 0.1) is 6.04 Å². The lowest BCUT2D eigenvalue weighted by atomic mass is 9.62. The summed E-state index contributed by atoms with van der Waals surface area (Å²) in [4.78, 5) is 4.73. The van der Waals surface area contributed by atoms with Gasteiger partial charge in [0.25, 0.3) is 0 Å². The number of allylic oxidation sites excluding steroid dienone is 2. The highest BCUT2D eigenvalue weighted by molar-refractivity contribution is 5.79. The van der Waals surface area contributed by atoms with Gasteiger partial charge in [0.15, 0.2) is 5.96 Å². The molecule has 3 N–H and O–H groups in total. The lowest BCUT2D eigenvalue weighted by Gasteiger charge is -2.48. The molecule has 3 heteroatoms. The lowest BCUT2D eigenvalue weighted by molar-refractivity contribution is 0.0672. The van der Waals surface area contributed by atoms with Crippen molar-refractivity contribution in [2.75, 3.05) is 0 Å². The highest BCUT2D eigenvalue weighted by atomic mass is 15.2. The van der Waals surface area contributed by atoms with Crippen molar-refractivity contribution in [1.29, 1.82) is 0 Å². The fourth-order valence-electron chi connectivity index (χ4n) is 5.77. The molecular formula is C21H37N3. The number of unbranched alkanes of at least 4 members (excludes halogenated alkanes) is 2. The smallest absolute Gasteiger partial charge is 0.189 e. The van der Waals surface area contributed by atoms with Crippen molar-refractivity contribution in [2.24, 2.45) is 34.4 Å². The number of rotatable bonds is 8. The molecule has 2 unspecified atom stereocenters. The Kier molecular flexibility index (Phi) is 6.24. The maximum Gasteiger partial charge on any atom is 0.189 e. The van der Waals surface area contributed by atoms with Crippen molar-refractivity contribution in [1.82, 2.24) is 5.32 Å². The molecule has 0 spiro atoms. The van der Waals surface area contributed by atoms with Crippen LogP contribution in [0.2, 0.25) is 0 Å². The van der Waals surface area contributed by atoms with Gasteiger partial charge in [-0.15, -0.1) is 0 Å². The van der Waals surface area contributed by atoms with Crippen LogP contribution in [-0.2, 0) is 0 Å². The van der Waals surface area contributed by atoms with Crippen molar-refractivity contribution in [3.8, 4) is 0 Å². The minimum atomic E-state index is 0.510. The first kappa shape index (κ1) is 17.8. The van der Waals surface area contributed by atoms with Crippen LogP contribution in [0.25, 0.3) is 0 Å². The van der Waals surface area contributed by atoms with E-state index in [-0.39, 0.29) is 0 Å². The Balaban J connectivity index is 1.65. The minimum absolute atomic E-state index is 0.510. The molecular weight excluding hydrogens is 294 g/mol. The van der Waals surface area contributed by atoms with Crippen LogP contribution in [-0.4, -0.2) is 18.0 Å². The molecule has 0 aromatic heterocycles. The number of hydrogen-bond acceptors (Lipinski definition) is 3. The maximum absolute atomic E-state index is 6.15. The molecule has 2 aliphatic carbocycles. The predicted molar refractivity (Wildman–Crippen MR) is 103 cm³/mol. The summed E-state index contributed by atoms with van der Waals surface area (Å²) in [5.41, 5.74) is 6.15. The van der Waals surface area contributed by atoms with E-state index in [1.165, 1.54) is 64.2 Å². The first-order valence-corrected chi connectivity index (χ1v) is 10.5. The summed E-state index contributed by atoms with van der Waals surface area (Å²) in [6, 6.07) is 1.10. The van der Waals surface area contributed by atoms with Crippen molar-refractivity contribution in [2.45, 2.75) is 90.1 Å². The van der Waals surface area contributed by atoms with E-state index in [1.807, 2.05) is 0 Å². The zero-order chi connectivity index (χ0) is 16.9. The quantitative estimate of drug-likeness (QED) is 0.503. The molecule has 24 heavy (non-hydrogen) atoms. The van der Waals surface area contributed by atoms with Gasteiger partial charge in [0, 0.05) is 12.0 Å². The van der Waals surface area contributed by atoms with Gasteiger partial charge in [0.1, 0.15) is 0 Å². The zero-order valence-corrected chi connectivity index (χ0v) is 15.7. The fraction of sp³-hybridized carbons (Fsp3) is 0.857. The van der Waals surface area contributed by atoms with Crippen LogP contribution >= 0.6 is 0 Å². The molecule has 0 saturated heterocycles. The highest BCUT2D eigenvalue weighted by Crippen LogP contribution is 2.51. The molecule has 6 atom stereocenters. The van der Waals surface area contributed by atoms with Crippen molar-refractivity contribution in [3.63, 3.8) is 0 Å². The molecule has 1 aliphatic heterocycles. The van der Waals surface area contributed by atoms with Crippen LogP contribution in [0.4, 0.5) is 0 Å². The van der Waals surface area contributed by atoms with Crippen LogP contribution < -0.4 is 11.1 Å². The summed E-state index contributed by atoms with van der Waals surface area (Å²) in [6.07, 6.45) is 17.9. The maximum atomic E-state index is 6.15. The SMILES string of the molecule is CCC/C=C\CCC[C@@H]1C2NC(N)=N[C@H]3CC[C@@H](C[C@H]1CCC)C23. The third-order valence-corrected chi connectivity index (χ3v) is 6.72. The summed E-state index contributed by atoms with van der Waals surface area (Å²) >= 11 is 0. The van der Waals surface area contributed by atoms with E-state index >= 15 is 0 Å². The lowest BCUT2D eigenvalue weighted by Crippen LogP contribution is -2.59. The van der Waals surface area contributed by atoms with Gasteiger partial charge in [-0.2, -0.15) is 0 Å². The number of nitrogens with two attached hydrogens (primary N) is 1. The summed E-state index contributed by atoms with van der Waals surface area (Å²) in [6.45, 7) is 4.59. The van der Waals surface area contributed by atoms with Crippen molar-refractivity contribution >= 4 is 5.96 Å². The van der Waals surface area contributed by atoms with Crippen molar-refractivity contribution < 1.29 is 0 Å². The number of guanidine groups is 1. The van der Waals surface area contributed by atoms with Gasteiger partial charge in [-0.1, -0.05) is 45.3 Å². The predicted octanol–water partition coefficient (Wildman–Crippen LogP) is 4.63. The third kappa shape index (κ3) is 3.81. The molecule has 0 bridgehead atoms. The second kappa shape index (κ2) is 8.40. The van der Waals surface area contributed by atoms with Gasteiger partial charge in [0.2, 0.25) is 0 Å². The van der Waals surface area contributed by atoms with Gasteiger partial charge in [-0.25, -0.2) is 4.99 Å². The molecule has 0 aromatic carbocycles. The van der Waals surface area contributed by atoms with Crippen LogP contribution in [0.5, 0.6) is 0 Å². The summed E-state index contributed by atoms with van der Waals surface area (Å²) in [7, 11) is 0. The van der Waals surface area contributed by atoms with E-state index in [4.69, 9.17) is 10.7 Å². The highest BCUT2D eigenvalue weighted by Gasteiger charge is 2.51. The Hall–Kier alpha value is -0.990. The number of aliphatic imine (C=N–C) groups is 1. The zero-order valence-electron chi connectivity index (χ0n) is 15.7. The molecule has 3 aliphatic rings. The van der Waals surface area contributed by atoms with Gasteiger partial charge < -0.3 is 11.1 Å². The molecule has 2 saturated carbocycles. The second-order valence-corrected chi connectivity index (χ2v) is 8.31. The molecule has 0 amide bonds. The monoisotopic (exact) mass is 331 g/mol. The molecule has 2 fully saturated rings. The van der Waals surface area contributed by atoms with Crippen LogP contribution in [0.3, 0.4) is 0 Å². The summed E-state index contributed by atoms with van der Waals surface area (Å²) in [5.74, 6) is 4.04. The number of nitrogens with zero attached hydrogens (tertiary/aromatic N) is 1. The number of nitrogens with one attached hydrogen (secondary N) is 1. The van der Waals surface area contributed by atoms with Gasteiger partial charge >= 0.3 is 0 Å². The van der Waals surface area contributed by atoms with Crippen molar-refractivity contribution in [3.05, 3.63) is 12.2 Å².